The van der Waals surface area contributed by atoms with Crippen LogP contribution in [0.2, 0.25) is 0 Å². The highest BCUT2D eigenvalue weighted by Gasteiger charge is 2.12. The lowest BCUT2D eigenvalue weighted by atomic mass is 10.4. The summed E-state index contributed by atoms with van der Waals surface area (Å²) in [6, 6.07) is 5.37. The molecule has 7 heteroatoms. The molecule has 0 aliphatic carbocycles. The molecule has 0 aliphatic rings. The van der Waals surface area contributed by atoms with Gasteiger partial charge in [-0.2, -0.15) is 5.26 Å². The monoisotopic (exact) mass is 245 g/mol. The Labute approximate surface area is 103 Å². The summed E-state index contributed by atoms with van der Waals surface area (Å²) in [5.74, 6) is 0.624. The number of rotatable bonds is 4. The Morgan fingerprint density at radius 3 is 3.11 bits per heavy atom. The maximum absolute atomic E-state index is 11.8. The molecule has 2 rings (SSSR count). The van der Waals surface area contributed by atoms with E-state index in [2.05, 4.69) is 10.1 Å². The topological polar surface area (TPSA) is 88.0 Å². The highest BCUT2D eigenvalue weighted by atomic mass is 16.3. The summed E-state index contributed by atoms with van der Waals surface area (Å²) >= 11 is 0. The van der Waals surface area contributed by atoms with E-state index in [9.17, 15) is 4.79 Å². The summed E-state index contributed by atoms with van der Waals surface area (Å²) in [5.41, 5.74) is 0. The lowest BCUT2D eigenvalue weighted by Gasteiger charge is -2.15. The molecule has 0 N–H and O–H groups in total. The second-order valence-corrected chi connectivity index (χ2v) is 3.71. The van der Waals surface area contributed by atoms with Crippen LogP contribution in [0.4, 0.5) is 0 Å². The molecular weight excluding hydrogens is 234 g/mol. The molecule has 1 amide bonds. The van der Waals surface area contributed by atoms with Crippen LogP contribution in [0.3, 0.4) is 0 Å². The van der Waals surface area contributed by atoms with Gasteiger partial charge in [0.2, 0.25) is 5.91 Å². The van der Waals surface area contributed by atoms with Crippen molar-refractivity contribution >= 4 is 5.91 Å². The molecule has 0 saturated carbocycles. The molecule has 2 aromatic rings. The average Bonchev–Trinajstić information content (AvgIpc) is 3.00. The van der Waals surface area contributed by atoms with Crippen molar-refractivity contribution in [3.8, 4) is 6.07 Å². The van der Waals surface area contributed by atoms with Gasteiger partial charge in [-0.15, -0.1) is 5.10 Å². The van der Waals surface area contributed by atoms with Gasteiger partial charge in [-0.05, 0) is 12.1 Å². The summed E-state index contributed by atoms with van der Waals surface area (Å²) in [4.78, 5) is 17.1. The van der Waals surface area contributed by atoms with Crippen LogP contribution >= 0.6 is 0 Å². The van der Waals surface area contributed by atoms with Crippen molar-refractivity contribution in [2.45, 2.75) is 13.1 Å². The molecule has 0 aromatic carbocycles. The van der Waals surface area contributed by atoms with Crippen molar-refractivity contribution < 1.29 is 9.21 Å². The Morgan fingerprint density at radius 1 is 1.67 bits per heavy atom. The number of nitrogens with zero attached hydrogens (tertiary/aromatic N) is 5. The van der Waals surface area contributed by atoms with Crippen LogP contribution in [0.25, 0.3) is 0 Å². The van der Waals surface area contributed by atoms with Crippen molar-refractivity contribution in [2.24, 2.45) is 0 Å². The van der Waals surface area contributed by atoms with Crippen LogP contribution in [0.1, 0.15) is 11.6 Å². The number of nitriles is 1. The van der Waals surface area contributed by atoms with Crippen LogP contribution in [-0.2, 0) is 17.9 Å². The summed E-state index contributed by atoms with van der Waals surface area (Å²) in [6.07, 6.45) is 2.92. The van der Waals surface area contributed by atoms with E-state index in [1.807, 2.05) is 0 Å². The first-order chi connectivity index (χ1) is 8.69. The number of carbonyl (C=O) groups excluding carboxylic acids is 1. The van der Waals surface area contributed by atoms with Gasteiger partial charge >= 0.3 is 0 Å². The number of carbonyl (C=O) groups is 1. The van der Waals surface area contributed by atoms with Gasteiger partial charge in [-0.25, -0.2) is 9.67 Å². The molecule has 18 heavy (non-hydrogen) atoms. The number of aromatic nitrogens is 3. The lowest BCUT2D eigenvalue weighted by Crippen LogP contribution is -2.29. The van der Waals surface area contributed by atoms with Gasteiger partial charge < -0.3 is 9.32 Å². The second kappa shape index (κ2) is 5.14. The Kier molecular flexibility index (Phi) is 3.38. The summed E-state index contributed by atoms with van der Waals surface area (Å²) in [5, 5.41) is 12.4. The van der Waals surface area contributed by atoms with E-state index >= 15 is 0 Å². The van der Waals surface area contributed by atoms with Gasteiger partial charge in [-0.3, -0.25) is 4.79 Å². The molecule has 0 saturated heterocycles. The molecule has 0 aliphatic heterocycles. The third kappa shape index (κ3) is 2.74. The van der Waals surface area contributed by atoms with Gasteiger partial charge in [0.25, 0.3) is 5.82 Å². The SMILES string of the molecule is CN(Cc1ccco1)C(=O)Cn1cnc(C#N)n1. The van der Waals surface area contributed by atoms with E-state index in [1.165, 1.54) is 15.9 Å². The van der Waals surface area contributed by atoms with Crippen molar-refractivity contribution in [1.29, 1.82) is 5.26 Å². The number of likely N-dealkylation sites (N-methyl/N-ethyl adjacent to an activating group) is 1. The first-order valence-electron chi connectivity index (χ1n) is 5.25. The highest BCUT2D eigenvalue weighted by Crippen LogP contribution is 2.04. The fourth-order valence-corrected chi connectivity index (χ4v) is 1.41. The minimum atomic E-state index is -0.138. The minimum Gasteiger partial charge on any atom is -0.467 e. The molecule has 0 spiro atoms. The van der Waals surface area contributed by atoms with Crippen LogP contribution < -0.4 is 0 Å². The third-order valence-corrected chi connectivity index (χ3v) is 2.33. The van der Waals surface area contributed by atoms with E-state index in [0.29, 0.717) is 12.3 Å². The van der Waals surface area contributed by atoms with Crippen LogP contribution in [0.15, 0.2) is 29.1 Å². The molecular formula is C11H11N5O2. The molecule has 7 nitrogen and oxygen atoms in total. The summed E-state index contributed by atoms with van der Waals surface area (Å²) in [6.45, 7) is 0.442. The standard InChI is InChI=1S/C11H11N5O2/c1-15(6-9-3-2-4-18-9)11(17)7-16-8-13-10(5-12)14-16/h2-4,8H,6-7H2,1H3. The number of hydrogen-bond donors (Lipinski definition) is 0. The van der Waals surface area contributed by atoms with E-state index in [1.54, 1.807) is 31.5 Å². The zero-order valence-electron chi connectivity index (χ0n) is 9.78. The normalized spacial score (nSPS) is 10.0. The lowest BCUT2D eigenvalue weighted by molar-refractivity contribution is -0.131. The molecule has 0 atom stereocenters. The van der Waals surface area contributed by atoms with Gasteiger partial charge in [0.15, 0.2) is 0 Å². The molecule has 2 aromatic heterocycles. The first kappa shape index (κ1) is 11.9. The predicted octanol–water partition coefficient (Wildman–Crippen LogP) is 0.401. The van der Waals surface area contributed by atoms with Crippen molar-refractivity contribution in [2.75, 3.05) is 7.05 Å². The average molecular weight is 245 g/mol. The largest absolute Gasteiger partial charge is 0.467 e. The van der Waals surface area contributed by atoms with Crippen molar-refractivity contribution in [3.63, 3.8) is 0 Å². The molecule has 92 valence electrons. The Hall–Kier alpha value is -2.62. The van der Waals surface area contributed by atoms with E-state index in [4.69, 9.17) is 9.68 Å². The van der Waals surface area contributed by atoms with E-state index < -0.39 is 0 Å². The van der Waals surface area contributed by atoms with Crippen molar-refractivity contribution in [1.82, 2.24) is 19.7 Å². The Bertz CT molecular complexity index is 567. The number of furan rings is 1. The quantitative estimate of drug-likeness (QED) is 0.778. The molecule has 0 radical (unpaired) electrons. The first-order valence-corrected chi connectivity index (χ1v) is 5.25. The van der Waals surface area contributed by atoms with E-state index in [0.717, 1.165) is 0 Å². The predicted molar refractivity (Wildman–Crippen MR) is 59.9 cm³/mol. The summed E-state index contributed by atoms with van der Waals surface area (Å²) in [7, 11) is 1.67. The maximum atomic E-state index is 11.8. The van der Waals surface area contributed by atoms with Gasteiger partial charge in [-0.1, -0.05) is 0 Å². The van der Waals surface area contributed by atoms with Gasteiger partial charge in [0.05, 0.1) is 12.8 Å². The Balaban J connectivity index is 1.93. The van der Waals surface area contributed by atoms with Gasteiger partial charge in [0, 0.05) is 7.05 Å². The van der Waals surface area contributed by atoms with Crippen LogP contribution in [0.5, 0.6) is 0 Å². The van der Waals surface area contributed by atoms with Gasteiger partial charge in [0.1, 0.15) is 24.7 Å². The maximum Gasteiger partial charge on any atom is 0.252 e. The molecule has 0 fully saturated rings. The minimum absolute atomic E-state index is 0.0475. The zero-order valence-corrected chi connectivity index (χ0v) is 9.78. The second-order valence-electron chi connectivity index (χ2n) is 3.71. The van der Waals surface area contributed by atoms with Crippen molar-refractivity contribution in [3.05, 3.63) is 36.3 Å². The van der Waals surface area contributed by atoms with Crippen LogP contribution in [0, 0.1) is 11.3 Å². The zero-order chi connectivity index (χ0) is 13.0. The molecule has 0 unspecified atom stereocenters. The van der Waals surface area contributed by atoms with Crippen LogP contribution in [-0.4, -0.2) is 32.6 Å². The third-order valence-electron chi connectivity index (χ3n) is 2.33. The number of amides is 1. The molecule has 0 bridgehead atoms. The highest BCUT2D eigenvalue weighted by molar-refractivity contribution is 5.75. The Morgan fingerprint density at radius 2 is 2.50 bits per heavy atom. The fraction of sp³-hybridized carbons (Fsp3) is 0.273. The smallest absolute Gasteiger partial charge is 0.252 e. The summed E-state index contributed by atoms with van der Waals surface area (Å²) < 4.78 is 6.49. The fourth-order valence-electron chi connectivity index (χ4n) is 1.41. The van der Waals surface area contributed by atoms with E-state index in [-0.39, 0.29) is 18.3 Å². The number of hydrogen-bond acceptors (Lipinski definition) is 5. The molecule has 2 heterocycles.